The van der Waals surface area contributed by atoms with Gasteiger partial charge in [0, 0.05) is 11.4 Å². The molecule has 0 aromatic heterocycles. The Morgan fingerprint density at radius 3 is 2.42 bits per heavy atom. The molecule has 0 heterocycles. The molecule has 130 valence electrons. The van der Waals surface area contributed by atoms with Crippen LogP contribution in [0, 0.1) is 12.8 Å². The van der Waals surface area contributed by atoms with E-state index < -0.39 is 0 Å². The van der Waals surface area contributed by atoms with Crippen molar-refractivity contribution in [3.8, 4) is 0 Å². The van der Waals surface area contributed by atoms with E-state index in [-0.39, 0.29) is 0 Å². The fraction of sp³-hybridized carbons (Fsp3) is 0.478. The molecular weight excluding hydrogens is 290 g/mol. The molecule has 0 saturated carbocycles. The van der Waals surface area contributed by atoms with Crippen molar-refractivity contribution >= 4 is 11.4 Å². The van der Waals surface area contributed by atoms with Gasteiger partial charge in [-0.05, 0) is 73.1 Å². The summed E-state index contributed by atoms with van der Waals surface area (Å²) < 4.78 is 0. The highest BCUT2D eigenvalue weighted by Gasteiger charge is 2.05. The maximum Gasteiger partial charge on any atom is 0.0387 e. The summed E-state index contributed by atoms with van der Waals surface area (Å²) in [6.07, 6.45) is 7.61. The van der Waals surface area contributed by atoms with Crippen molar-refractivity contribution in [1.29, 1.82) is 0 Å². The second kappa shape index (κ2) is 9.52. The second-order valence-electron chi connectivity index (χ2n) is 7.09. The standard InChI is InChI=1S/C23H33N/c1-5-18(3)10-7-8-12-21-17-23(15-14-20(21)6-2)24-22-13-9-11-19(4)16-22/h9,11,13-18,24H,5-8,10,12H2,1-4H3. The Labute approximate surface area is 148 Å². The summed E-state index contributed by atoms with van der Waals surface area (Å²) in [5.41, 5.74) is 6.67. The van der Waals surface area contributed by atoms with Gasteiger partial charge in [0.1, 0.15) is 0 Å². The van der Waals surface area contributed by atoms with Crippen LogP contribution in [0.4, 0.5) is 11.4 Å². The summed E-state index contributed by atoms with van der Waals surface area (Å²) in [6.45, 7) is 9.05. The molecule has 1 N–H and O–H groups in total. The number of aryl methyl sites for hydroxylation is 3. The molecule has 1 heteroatoms. The van der Waals surface area contributed by atoms with Crippen molar-refractivity contribution < 1.29 is 0 Å². The van der Waals surface area contributed by atoms with Crippen molar-refractivity contribution in [2.24, 2.45) is 5.92 Å². The van der Waals surface area contributed by atoms with Gasteiger partial charge >= 0.3 is 0 Å². The molecule has 0 amide bonds. The van der Waals surface area contributed by atoms with E-state index in [9.17, 15) is 0 Å². The lowest BCUT2D eigenvalue weighted by Crippen LogP contribution is -1.98. The smallest absolute Gasteiger partial charge is 0.0387 e. The van der Waals surface area contributed by atoms with Crippen LogP contribution in [-0.2, 0) is 12.8 Å². The van der Waals surface area contributed by atoms with Gasteiger partial charge in [-0.25, -0.2) is 0 Å². The molecular formula is C23H33N. The SMILES string of the molecule is CCc1ccc(Nc2cccc(C)c2)cc1CCCCC(C)CC. The maximum absolute atomic E-state index is 3.55. The molecule has 0 radical (unpaired) electrons. The van der Waals surface area contributed by atoms with Gasteiger partial charge < -0.3 is 5.32 Å². The fourth-order valence-corrected chi connectivity index (χ4v) is 3.18. The van der Waals surface area contributed by atoms with Crippen molar-refractivity contribution in [3.63, 3.8) is 0 Å². The van der Waals surface area contributed by atoms with Gasteiger partial charge in [0.05, 0.1) is 0 Å². The van der Waals surface area contributed by atoms with E-state index >= 15 is 0 Å². The monoisotopic (exact) mass is 323 g/mol. The average molecular weight is 324 g/mol. The molecule has 1 unspecified atom stereocenters. The van der Waals surface area contributed by atoms with Gasteiger partial charge in [0.2, 0.25) is 0 Å². The summed E-state index contributed by atoms with van der Waals surface area (Å²) in [4.78, 5) is 0. The van der Waals surface area contributed by atoms with Crippen LogP contribution in [0.25, 0.3) is 0 Å². The zero-order valence-electron chi connectivity index (χ0n) is 15.9. The molecule has 1 nitrogen and oxygen atoms in total. The molecule has 0 aliphatic rings. The lowest BCUT2D eigenvalue weighted by atomic mass is 9.96. The van der Waals surface area contributed by atoms with Crippen LogP contribution in [0.15, 0.2) is 42.5 Å². The zero-order chi connectivity index (χ0) is 17.4. The van der Waals surface area contributed by atoms with Crippen LogP contribution >= 0.6 is 0 Å². The Kier molecular flexibility index (Phi) is 7.36. The Morgan fingerprint density at radius 2 is 1.71 bits per heavy atom. The molecule has 2 aromatic carbocycles. The Morgan fingerprint density at radius 1 is 0.917 bits per heavy atom. The third-order valence-corrected chi connectivity index (χ3v) is 4.98. The topological polar surface area (TPSA) is 12.0 Å². The molecule has 2 aromatic rings. The molecule has 0 bridgehead atoms. The van der Waals surface area contributed by atoms with Gasteiger partial charge in [-0.3, -0.25) is 0 Å². The van der Waals surface area contributed by atoms with E-state index in [1.807, 2.05) is 0 Å². The lowest BCUT2D eigenvalue weighted by Gasteiger charge is -2.13. The molecule has 0 saturated heterocycles. The predicted molar refractivity (Wildman–Crippen MR) is 107 cm³/mol. The van der Waals surface area contributed by atoms with Gasteiger partial charge in [-0.1, -0.05) is 58.2 Å². The van der Waals surface area contributed by atoms with Crippen molar-refractivity contribution in [2.75, 3.05) is 5.32 Å². The number of hydrogen-bond donors (Lipinski definition) is 1. The average Bonchev–Trinajstić information content (AvgIpc) is 2.58. The number of nitrogens with one attached hydrogen (secondary N) is 1. The third kappa shape index (κ3) is 5.70. The van der Waals surface area contributed by atoms with E-state index in [4.69, 9.17) is 0 Å². The molecule has 0 spiro atoms. The normalized spacial score (nSPS) is 12.2. The number of benzene rings is 2. The third-order valence-electron chi connectivity index (χ3n) is 4.98. The van der Waals surface area contributed by atoms with Crippen LogP contribution in [-0.4, -0.2) is 0 Å². The Hall–Kier alpha value is -1.76. The highest BCUT2D eigenvalue weighted by atomic mass is 14.9. The fourth-order valence-electron chi connectivity index (χ4n) is 3.18. The molecule has 24 heavy (non-hydrogen) atoms. The van der Waals surface area contributed by atoms with Crippen LogP contribution in [0.5, 0.6) is 0 Å². The van der Waals surface area contributed by atoms with Gasteiger partial charge in [0.25, 0.3) is 0 Å². The zero-order valence-corrected chi connectivity index (χ0v) is 15.9. The molecule has 0 aliphatic heterocycles. The lowest BCUT2D eigenvalue weighted by molar-refractivity contribution is 0.484. The van der Waals surface area contributed by atoms with Crippen molar-refractivity contribution in [1.82, 2.24) is 0 Å². The highest BCUT2D eigenvalue weighted by molar-refractivity contribution is 5.61. The summed E-state index contributed by atoms with van der Waals surface area (Å²) in [5.74, 6) is 0.866. The van der Waals surface area contributed by atoms with Crippen LogP contribution < -0.4 is 5.32 Å². The van der Waals surface area contributed by atoms with E-state index in [1.165, 1.54) is 60.2 Å². The van der Waals surface area contributed by atoms with Crippen LogP contribution in [0.2, 0.25) is 0 Å². The highest BCUT2D eigenvalue weighted by Crippen LogP contribution is 2.23. The Bertz CT molecular complexity index is 630. The van der Waals surface area contributed by atoms with Gasteiger partial charge in [-0.15, -0.1) is 0 Å². The van der Waals surface area contributed by atoms with Crippen molar-refractivity contribution in [2.45, 2.75) is 66.2 Å². The molecule has 0 aliphatic carbocycles. The van der Waals surface area contributed by atoms with Gasteiger partial charge in [0.15, 0.2) is 0 Å². The first-order valence-electron chi connectivity index (χ1n) is 9.57. The molecule has 0 fully saturated rings. The quantitative estimate of drug-likeness (QED) is 0.487. The first kappa shape index (κ1) is 18.6. The summed E-state index contributed by atoms with van der Waals surface area (Å²) in [7, 11) is 0. The van der Waals surface area contributed by atoms with Crippen LogP contribution in [0.3, 0.4) is 0 Å². The van der Waals surface area contributed by atoms with E-state index in [0.717, 1.165) is 12.3 Å². The summed E-state index contributed by atoms with van der Waals surface area (Å²) in [5, 5.41) is 3.55. The van der Waals surface area contributed by atoms with E-state index in [0.29, 0.717) is 0 Å². The molecule has 1 atom stereocenters. The largest absolute Gasteiger partial charge is 0.356 e. The van der Waals surface area contributed by atoms with E-state index in [2.05, 4.69) is 75.5 Å². The number of hydrogen-bond acceptors (Lipinski definition) is 1. The second-order valence-corrected chi connectivity index (χ2v) is 7.09. The number of anilines is 2. The predicted octanol–water partition coefficient (Wildman–Crippen LogP) is 7.06. The minimum Gasteiger partial charge on any atom is -0.356 e. The van der Waals surface area contributed by atoms with Gasteiger partial charge in [-0.2, -0.15) is 0 Å². The summed E-state index contributed by atoms with van der Waals surface area (Å²) in [6, 6.07) is 15.4. The van der Waals surface area contributed by atoms with E-state index in [1.54, 1.807) is 0 Å². The van der Waals surface area contributed by atoms with Crippen molar-refractivity contribution in [3.05, 3.63) is 59.2 Å². The number of rotatable bonds is 9. The first-order valence-corrected chi connectivity index (χ1v) is 9.57. The van der Waals surface area contributed by atoms with Crippen LogP contribution in [0.1, 0.15) is 63.1 Å². The summed E-state index contributed by atoms with van der Waals surface area (Å²) >= 11 is 0. The number of unbranched alkanes of at least 4 members (excludes halogenated alkanes) is 1. The minimum atomic E-state index is 0.866. The Balaban J connectivity index is 2.01. The maximum atomic E-state index is 3.55. The minimum absolute atomic E-state index is 0.866. The molecule has 2 rings (SSSR count). The first-order chi connectivity index (χ1) is 11.6.